The van der Waals surface area contributed by atoms with Gasteiger partial charge in [-0.2, -0.15) is 0 Å². The van der Waals surface area contributed by atoms with E-state index >= 15 is 0 Å². The molecular formula is C12H15N3O2S2. The van der Waals surface area contributed by atoms with Crippen LogP contribution in [-0.2, 0) is 9.53 Å². The van der Waals surface area contributed by atoms with E-state index in [2.05, 4.69) is 10.7 Å². The zero-order valence-corrected chi connectivity index (χ0v) is 11.9. The van der Waals surface area contributed by atoms with E-state index in [0.717, 1.165) is 18.0 Å². The average Bonchev–Trinajstić information content (AvgIpc) is 2.90. The van der Waals surface area contributed by atoms with Crippen LogP contribution in [-0.4, -0.2) is 42.3 Å². The summed E-state index contributed by atoms with van der Waals surface area (Å²) in [5.41, 5.74) is 2.96. The Labute approximate surface area is 121 Å². The Morgan fingerprint density at radius 3 is 2.95 bits per heavy atom. The number of amides is 1. The molecule has 0 radical (unpaired) electrons. The highest BCUT2D eigenvalue weighted by Crippen LogP contribution is 2.09. The lowest BCUT2D eigenvalue weighted by atomic mass is 10.4. The van der Waals surface area contributed by atoms with Crippen molar-refractivity contribution in [2.45, 2.75) is 0 Å². The molecule has 1 fully saturated rings. The van der Waals surface area contributed by atoms with Crippen LogP contribution in [0.1, 0.15) is 4.88 Å². The summed E-state index contributed by atoms with van der Waals surface area (Å²) in [5.74, 6) is -0.237. The number of rotatable bonds is 3. The van der Waals surface area contributed by atoms with Gasteiger partial charge in [0.1, 0.15) is 0 Å². The Morgan fingerprint density at radius 1 is 1.47 bits per heavy atom. The van der Waals surface area contributed by atoms with Crippen molar-refractivity contribution in [1.29, 1.82) is 0 Å². The van der Waals surface area contributed by atoms with Gasteiger partial charge in [0.05, 0.1) is 13.2 Å². The molecular weight excluding hydrogens is 282 g/mol. The van der Waals surface area contributed by atoms with Crippen LogP contribution < -0.4 is 10.7 Å². The van der Waals surface area contributed by atoms with Gasteiger partial charge in [-0.05, 0) is 29.7 Å². The molecule has 0 bridgehead atoms. The Bertz CT molecular complexity index is 454. The van der Waals surface area contributed by atoms with Gasteiger partial charge < -0.3 is 4.74 Å². The van der Waals surface area contributed by atoms with Crippen LogP contribution in [0.25, 0.3) is 6.08 Å². The molecule has 1 aromatic heterocycles. The zero-order chi connectivity index (χ0) is 13.5. The van der Waals surface area contributed by atoms with Crippen LogP contribution in [0.15, 0.2) is 23.6 Å². The van der Waals surface area contributed by atoms with E-state index in [4.69, 9.17) is 17.0 Å². The number of carbonyl (C=O) groups is 1. The van der Waals surface area contributed by atoms with E-state index in [1.807, 2.05) is 22.5 Å². The second-order valence-corrected chi connectivity index (χ2v) is 5.27. The first kappa shape index (κ1) is 14.1. The predicted molar refractivity (Wildman–Crippen MR) is 79.6 cm³/mol. The van der Waals surface area contributed by atoms with E-state index in [9.17, 15) is 4.79 Å². The van der Waals surface area contributed by atoms with Crippen molar-refractivity contribution >= 4 is 40.7 Å². The molecule has 19 heavy (non-hydrogen) atoms. The topological polar surface area (TPSA) is 53.6 Å². The molecule has 1 saturated heterocycles. The minimum atomic E-state index is -0.237. The third kappa shape index (κ3) is 5.07. The highest BCUT2D eigenvalue weighted by atomic mass is 32.1. The maximum Gasteiger partial charge on any atom is 0.250 e. The number of hydrogen-bond donors (Lipinski definition) is 2. The van der Waals surface area contributed by atoms with Crippen molar-refractivity contribution in [3.05, 3.63) is 28.5 Å². The Morgan fingerprint density at radius 2 is 2.26 bits per heavy atom. The lowest BCUT2D eigenvalue weighted by molar-refractivity contribution is -0.115. The van der Waals surface area contributed by atoms with Gasteiger partial charge in [0.15, 0.2) is 5.11 Å². The van der Waals surface area contributed by atoms with Crippen molar-refractivity contribution in [2.24, 2.45) is 0 Å². The van der Waals surface area contributed by atoms with E-state index < -0.39 is 0 Å². The van der Waals surface area contributed by atoms with Crippen molar-refractivity contribution in [1.82, 2.24) is 15.8 Å². The quantitative estimate of drug-likeness (QED) is 0.644. The van der Waals surface area contributed by atoms with Crippen molar-refractivity contribution in [3.8, 4) is 0 Å². The second-order valence-electron chi connectivity index (χ2n) is 3.88. The molecule has 1 aromatic rings. The number of ether oxygens (including phenoxy) is 1. The minimum absolute atomic E-state index is 0.237. The first-order valence-corrected chi connectivity index (χ1v) is 7.19. The van der Waals surface area contributed by atoms with Gasteiger partial charge in [-0.1, -0.05) is 6.07 Å². The monoisotopic (exact) mass is 297 g/mol. The van der Waals surface area contributed by atoms with E-state index in [1.165, 1.54) is 6.08 Å². The molecule has 1 amide bonds. The highest BCUT2D eigenvalue weighted by molar-refractivity contribution is 7.80. The molecule has 1 aliphatic rings. The molecule has 5 nitrogen and oxygen atoms in total. The molecule has 102 valence electrons. The number of carbonyl (C=O) groups excluding carboxylic acids is 1. The van der Waals surface area contributed by atoms with E-state index in [-0.39, 0.29) is 5.91 Å². The normalized spacial score (nSPS) is 16.4. The number of nitrogens with one attached hydrogen (secondary N) is 2. The van der Waals surface area contributed by atoms with E-state index in [0.29, 0.717) is 18.3 Å². The molecule has 0 saturated carbocycles. The smallest absolute Gasteiger partial charge is 0.250 e. The molecule has 0 atom stereocenters. The summed E-state index contributed by atoms with van der Waals surface area (Å²) >= 11 is 6.64. The minimum Gasteiger partial charge on any atom is -0.379 e. The number of hydrazine groups is 1. The van der Waals surface area contributed by atoms with Crippen LogP contribution in [0.3, 0.4) is 0 Å². The molecule has 2 heterocycles. The lowest BCUT2D eigenvalue weighted by Crippen LogP contribution is -2.52. The fourth-order valence-electron chi connectivity index (χ4n) is 1.54. The van der Waals surface area contributed by atoms with Crippen LogP contribution >= 0.6 is 23.6 Å². The predicted octanol–water partition coefficient (Wildman–Crippen LogP) is 0.999. The molecule has 0 unspecified atom stereocenters. The molecule has 0 spiro atoms. The standard InChI is InChI=1S/C12H15N3O2S2/c16-11(4-3-10-2-1-9-19-10)13-12(18)14-15-5-7-17-8-6-15/h1-4,9H,5-8H2,(H2,13,14,16,18). The maximum atomic E-state index is 11.6. The number of morpholine rings is 1. The fourth-order valence-corrected chi connectivity index (χ4v) is 2.39. The van der Waals surface area contributed by atoms with Gasteiger partial charge in [0.2, 0.25) is 5.91 Å². The number of thiocarbonyl (C=S) groups is 1. The van der Waals surface area contributed by atoms with Crippen LogP contribution in [0, 0.1) is 0 Å². The van der Waals surface area contributed by atoms with Gasteiger partial charge in [-0.15, -0.1) is 11.3 Å². The van der Waals surface area contributed by atoms with Crippen LogP contribution in [0.2, 0.25) is 0 Å². The van der Waals surface area contributed by atoms with Gasteiger partial charge in [-0.25, -0.2) is 5.01 Å². The molecule has 0 aliphatic carbocycles. The summed E-state index contributed by atoms with van der Waals surface area (Å²) in [6.07, 6.45) is 3.23. The highest BCUT2D eigenvalue weighted by Gasteiger charge is 2.11. The summed E-state index contributed by atoms with van der Waals surface area (Å²) in [6, 6.07) is 3.88. The first-order chi connectivity index (χ1) is 9.24. The van der Waals surface area contributed by atoms with Gasteiger partial charge >= 0.3 is 0 Å². The van der Waals surface area contributed by atoms with Crippen molar-refractivity contribution in [2.75, 3.05) is 26.3 Å². The molecule has 2 rings (SSSR count). The Hall–Kier alpha value is -1.28. The zero-order valence-electron chi connectivity index (χ0n) is 10.3. The average molecular weight is 297 g/mol. The van der Waals surface area contributed by atoms with Gasteiger partial charge in [0, 0.05) is 24.0 Å². The largest absolute Gasteiger partial charge is 0.379 e. The van der Waals surface area contributed by atoms with Crippen molar-refractivity contribution in [3.63, 3.8) is 0 Å². The summed E-state index contributed by atoms with van der Waals surface area (Å²) < 4.78 is 5.22. The van der Waals surface area contributed by atoms with Crippen LogP contribution in [0.4, 0.5) is 0 Å². The first-order valence-electron chi connectivity index (χ1n) is 5.90. The lowest BCUT2D eigenvalue weighted by Gasteiger charge is -2.27. The third-order valence-electron chi connectivity index (χ3n) is 2.45. The van der Waals surface area contributed by atoms with Crippen molar-refractivity contribution < 1.29 is 9.53 Å². The number of nitrogens with zero attached hydrogens (tertiary/aromatic N) is 1. The van der Waals surface area contributed by atoms with Gasteiger partial charge in [0.25, 0.3) is 0 Å². The maximum absolute atomic E-state index is 11.6. The molecule has 7 heteroatoms. The Kier molecular flexibility index (Phi) is 5.46. The Balaban J connectivity index is 1.73. The summed E-state index contributed by atoms with van der Waals surface area (Å²) in [7, 11) is 0. The van der Waals surface area contributed by atoms with Crippen LogP contribution in [0.5, 0.6) is 0 Å². The van der Waals surface area contributed by atoms with E-state index in [1.54, 1.807) is 17.4 Å². The summed E-state index contributed by atoms with van der Waals surface area (Å²) in [4.78, 5) is 12.7. The summed E-state index contributed by atoms with van der Waals surface area (Å²) in [5, 5.41) is 6.80. The summed E-state index contributed by atoms with van der Waals surface area (Å²) in [6.45, 7) is 2.84. The number of thiophene rings is 1. The SMILES string of the molecule is O=C(C=Cc1cccs1)NC(=S)NN1CCOCC1. The third-order valence-corrected chi connectivity index (χ3v) is 3.48. The molecule has 2 N–H and O–H groups in total. The fraction of sp³-hybridized carbons (Fsp3) is 0.333. The second kappa shape index (κ2) is 7.34. The molecule has 1 aliphatic heterocycles. The van der Waals surface area contributed by atoms with Gasteiger partial charge in [-0.3, -0.25) is 15.5 Å². The number of hydrogen-bond acceptors (Lipinski definition) is 5. The molecule has 0 aromatic carbocycles.